The quantitative estimate of drug-likeness (QED) is 0.230. The number of para-hydroxylation sites is 2. The van der Waals surface area contributed by atoms with E-state index in [2.05, 4.69) is 0 Å². The Kier molecular flexibility index (Phi) is 5.56. The molecule has 2 aliphatic heterocycles. The zero-order valence-corrected chi connectivity index (χ0v) is 23.2. The lowest BCUT2D eigenvalue weighted by Gasteiger charge is -2.27. The minimum absolute atomic E-state index is 0.217. The van der Waals surface area contributed by atoms with E-state index in [1.165, 1.54) is 0 Å². The maximum Gasteiger partial charge on any atom is 0.259 e. The third-order valence-electron chi connectivity index (χ3n) is 8.88. The molecule has 1 spiro atoms. The lowest BCUT2D eigenvalue weighted by Crippen LogP contribution is -2.42. The number of benzene rings is 5. The molecule has 1 unspecified atom stereocenters. The molecule has 8 rings (SSSR count). The maximum absolute atomic E-state index is 15.1. The summed E-state index contributed by atoms with van der Waals surface area (Å²) in [5.74, 6) is -0.766. The molecule has 0 saturated carbocycles. The van der Waals surface area contributed by atoms with Crippen molar-refractivity contribution in [1.82, 2.24) is 0 Å². The van der Waals surface area contributed by atoms with Gasteiger partial charge in [0.1, 0.15) is 5.41 Å². The summed E-state index contributed by atoms with van der Waals surface area (Å²) in [6.45, 7) is 0.703. The predicted molar refractivity (Wildman–Crippen MR) is 167 cm³/mol. The van der Waals surface area contributed by atoms with Crippen molar-refractivity contribution in [2.45, 2.75) is 18.5 Å². The van der Waals surface area contributed by atoms with Gasteiger partial charge in [-0.05, 0) is 28.8 Å². The SMILES string of the molecule is O=C1/C(=C2/C(=O)N(Cc3ccccc3)c3ccccc32)C2(C(=O)N(Cc3ccccc3)c3ccccc32)c2ccccc21. The second-order valence-corrected chi connectivity index (χ2v) is 11.2. The number of fused-ring (bicyclic) bond motifs is 5. The Bertz CT molecular complexity index is 2000. The lowest BCUT2D eigenvalue weighted by molar-refractivity contribution is -0.120. The summed E-state index contributed by atoms with van der Waals surface area (Å²) in [6, 6.07) is 42.2. The minimum atomic E-state index is -1.44. The van der Waals surface area contributed by atoms with Crippen LogP contribution >= 0.6 is 0 Å². The number of hydrogen-bond acceptors (Lipinski definition) is 3. The lowest BCUT2D eigenvalue weighted by atomic mass is 9.71. The first-order chi connectivity index (χ1) is 21.1. The number of anilines is 2. The van der Waals surface area contributed by atoms with Gasteiger partial charge in [-0.1, -0.05) is 121 Å². The van der Waals surface area contributed by atoms with E-state index in [0.29, 0.717) is 35.4 Å². The highest BCUT2D eigenvalue weighted by Crippen LogP contribution is 2.59. The van der Waals surface area contributed by atoms with E-state index in [9.17, 15) is 9.59 Å². The van der Waals surface area contributed by atoms with Gasteiger partial charge >= 0.3 is 0 Å². The number of hydrogen-bond donors (Lipinski definition) is 0. The highest BCUT2D eigenvalue weighted by Gasteiger charge is 2.62. The minimum Gasteiger partial charge on any atom is -0.306 e. The number of carbonyl (C=O) groups excluding carboxylic acids is 3. The first-order valence-electron chi connectivity index (χ1n) is 14.4. The number of amides is 2. The Hall–Kier alpha value is -5.55. The normalized spacial score (nSPS) is 20.1. The molecule has 206 valence electrons. The highest BCUT2D eigenvalue weighted by atomic mass is 16.2. The van der Waals surface area contributed by atoms with Gasteiger partial charge in [-0.15, -0.1) is 0 Å². The van der Waals surface area contributed by atoms with Crippen molar-refractivity contribution in [2.75, 3.05) is 9.80 Å². The molecule has 5 nitrogen and oxygen atoms in total. The van der Waals surface area contributed by atoms with Crippen LogP contribution < -0.4 is 9.80 Å². The fourth-order valence-electron chi connectivity index (χ4n) is 7.07. The third kappa shape index (κ3) is 3.48. The Labute approximate surface area is 249 Å². The zero-order chi connectivity index (χ0) is 29.1. The van der Waals surface area contributed by atoms with Gasteiger partial charge in [0.05, 0.1) is 24.4 Å². The smallest absolute Gasteiger partial charge is 0.259 e. The largest absolute Gasteiger partial charge is 0.306 e. The van der Waals surface area contributed by atoms with Gasteiger partial charge in [-0.2, -0.15) is 0 Å². The second kappa shape index (κ2) is 9.50. The molecule has 0 fully saturated rings. The van der Waals surface area contributed by atoms with Crippen molar-refractivity contribution in [3.05, 3.63) is 172 Å². The number of ketones is 1. The molecular weight excluding hydrogens is 532 g/mol. The van der Waals surface area contributed by atoms with Crippen LogP contribution in [0.25, 0.3) is 5.57 Å². The summed E-state index contributed by atoms with van der Waals surface area (Å²) in [5.41, 5.74) is 5.02. The fraction of sp³-hybridized carbons (Fsp3) is 0.0789. The van der Waals surface area contributed by atoms with Gasteiger partial charge in [-0.25, -0.2) is 0 Å². The molecule has 0 aromatic heterocycles. The Morgan fingerprint density at radius 2 is 1.00 bits per heavy atom. The molecule has 2 heterocycles. The van der Waals surface area contributed by atoms with Gasteiger partial charge < -0.3 is 9.80 Å². The van der Waals surface area contributed by atoms with E-state index in [-0.39, 0.29) is 23.2 Å². The van der Waals surface area contributed by atoms with Gasteiger partial charge in [0, 0.05) is 28.0 Å². The molecule has 0 N–H and O–H groups in total. The summed E-state index contributed by atoms with van der Waals surface area (Å²) in [4.78, 5) is 47.7. The number of Topliss-reactive ketones (excluding diaryl/α,β-unsaturated/α-hetero) is 1. The van der Waals surface area contributed by atoms with Gasteiger partial charge in [0.25, 0.3) is 5.91 Å². The fourth-order valence-corrected chi connectivity index (χ4v) is 7.07. The molecule has 5 heteroatoms. The first-order valence-corrected chi connectivity index (χ1v) is 14.4. The average Bonchev–Trinajstić information content (AvgIpc) is 3.57. The van der Waals surface area contributed by atoms with Crippen LogP contribution in [0.15, 0.2) is 139 Å². The third-order valence-corrected chi connectivity index (χ3v) is 8.88. The standard InChI is InChI=1S/C38H26N2O3/c41-35-27-17-7-9-19-29(27)38(30-20-10-12-22-32(30)40(37(38)43)24-26-15-5-2-6-16-26)34(35)33-28-18-8-11-21-31(28)39(36(33)42)23-25-13-3-1-4-14-25/h1-22H,23-24H2/b34-33-. The highest BCUT2D eigenvalue weighted by molar-refractivity contribution is 6.41. The Morgan fingerprint density at radius 1 is 0.488 bits per heavy atom. The topological polar surface area (TPSA) is 57.7 Å². The summed E-state index contributed by atoms with van der Waals surface area (Å²) < 4.78 is 0. The predicted octanol–water partition coefficient (Wildman–Crippen LogP) is 6.72. The molecule has 5 aromatic rings. The Morgan fingerprint density at radius 3 is 1.67 bits per heavy atom. The van der Waals surface area contributed by atoms with Crippen LogP contribution in [0.4, 0.5) is 11.4 Å². The molecule has 0 radical (unpaired) electrons. The number of carbonyl (C=O) groups is 3. The van der Waals surface area contributed by atoms with Crippen LogP contribution in [0.1, 0.15) is 38.2 Å². The van der Waals surface area contributed by atoms with Crippen molar-refractivity contribution in [3.63, 3.8) is 0 Å². The monoisotopic (exact) mass is 558 g/mol. The molecule has 5 aromatic carbocycles. The van der Waals surface area contributed by atoms with Crippen molar-refractivity contribution in [3.8, 4) is 0 Å². The zero-order valence-electron chi connectivity index (χ0n) is 23.2. The number of nitrogens with zero attached hydrogens (tertiary/aromatic N) is 2. The van der Waals surface area contributed by atoms with E-state index >= 15 is 4.79 Å². The van der Waals surface area contributed by atoms with E-state index in [1.54, 1.807) is 15.9 Å². The molecule has 0 bridgehead atoms. The second-order valence-electron chi connectivity index (χ2n) is 11.2. The average molecular weight is 559 g/mol. The van der Waals surface area contributed by atoms with Gasteiger partial charge in [0.15, 0.2) is 5.78 Å². The number of rotatable bonds is 4. The van der Waals surface area contributed by atoms with E-state index in [4.69, 9.17) is 0 Å². The molecule has 1 atom stereocenters. The van der Waals surface area contributed by atoms with Crippen molar-refractivity contribution >= 4 is 34.5 Å². The van der Waals surface area contributed by atoms with Crippen molar-refractivity contribution < 1.29 is 14.4 Å². The van der Waals surface area contributed by atoms with Gasteiger partial charge in [-0.3, -0.25) is 14.4 Å². The maximum atomic E-state index is 15.1. The summed E-state index contributed by atoms with van der Waals surface area (Å²) >= 11 is 0. The van der Waals surface area contributed by atoms with E-state index in [1.807, 2.05) is 127 Å². The molecular formula is C38H26N2O3. The van der Waals surface area contributed by atoms with Crippen LogP contribution in [0.2, 0.25) is 0 Å². The van der Waals surface area contributed by atoms with Gasteiger partial charge in [0.2, 0.25) is 5.91 Å². The van der Waals surface area contributed by atoms with Crippen LogP contribution in [0.3, 0.4) is 0 Å². The molecule has 0 saturated heterocycles. The Balaban J connectivity index is 1.40. The molecule has 2 amide bonds. The van der Waals surface area contributed by atoms with Crippen LogP contribution in [-0.2, 0) is 28.1 Å². The van der Waals surface area contributed by atoms with Crippen LogP contribution in [0, 0.1) is 0 Å². The van der Waals surface area contributed by atoms with E-state index in [0.717, 1.165) is 28.1 Å². The van der Waals surface area contributed by atoms with Crippen molar-refractivity contribution in [1.29, 1.82) is 0 Å². The van der Waals surface area contributed by atoms with Crippen LogP contribution in [-0.4, -0.2) is 17.6 Å². The molecule has 43 heavy (non-hydrogen) atoms. The first kappa shape index (κ1) is 25.2. The summed E-state index contributed by atoms with van der Waals surface area (Å²) in [7, 11) is 0. The summed E-state index contributed by atoms with van der Waals surface area (Å²) in [6.07, 6.45) is 0. The molecule has 1 aliphatic carbocycles. The van der Waals surface area contributed by atoms with Crippen LogP contribution in [0.5, 0.6) is 0 Å². The summed E-state index contributed by atoms with van der Waals surface area (Å²) in [5, 5.41) is 0. The van der Waals surface area contributed by atoms with E-state index < -0.39 is 5.41 Å². The molecule has 3 aliphatic rings. The van der Waals surface area contributed by atoms with Crippen molar-refractivity contribution in [2.24, 2.45) is 0 Å².